The Balaban J connectivity index is 1.42. The van der Waals surface area contributed by atoms with Gasteiger partial charge in [0.2, 0.25) is 5.91 Å². The number of ether oxygens (including phenoxy) is 1. The van der Waals surface area contributed by atoms with Gasteiger partial charge in [0.1, 0.15) is 16.5 Å². The van der Waals surface area contributed by atoms with E-state index in [0.717, 1.165) is 5.69 Å². The Labute approximate surface area is 201 Å². The number of nitrogens with one attached hydrogen (secondary N) is 1. The average molecular weight is 482 g/mol. The number of hydrogen-bond donors (Lipinski definition) is 1. The summed E-state index contributed by atoms with van der Waals surface area (Å²) >= 11 is 0. The molecule has 1 N–H and O–H groups in total. The number of nitrogens with zero attached hydrogens (tertiary/aromatic N) is 2. The lowest BCUT2D eigenvalue weighted by atomic mass is 9.95. The van der Waals surface area contributed by atoms with Crippen LogP contribution in [-0.2, 0) is 14.8 Å². The van der Waals surface area contributed by atoms with Gasteiger partial charge in [0.05, 0.1) is 7.11 Å². The van der Waals surface area contributed by atoms with Gasteiger partial charge < -0.3 is 15.0 Å². The molecule has 2 aliphatic heterocycles. The molecule has 180 valence electrons. The fourth-order valence-corrected chi connectivity index (χ4v) is 5.96. The Kier molecular flexibility index (Phi) is 6.79. The lowest BCUT2D eigenvalue weighted by Crippen LogP contribution is -2.41. The van der Waals surface area contributed by atoms with Crippen LogP contribution in [-0.4, -0.2) is 45.3 Å². The van der Waals surface area contributed by atoms with E-state index in [4.69, 9.17) is 4.74 Å². The molecule has 0 saturated carbocycles. The Morgan fingerprint density at radius 3 is 2.24 bits per heavy atom. The maximum Gasteiger partial charge on any atom is 0.285 e. The van der Waals surface area contributed by atoms with Crippen LogP contribution >= 0.6 is 0 Å². The van der Waals surface area contributed by atoms with E-state index >= 15 is 0 Å². The normalized spacial score (nSPS) is 18.3. The lowest BCUT2D eigenvalue weighted by Gasteiger charge is -2.32. The van der Waals surface area contributed by atoms with Gasteiger partial charge in [0.15, 0.2) is 0 Å². The van der Waals surface area contributed by atoms with E-state index in [1.165, 1.54) is 5.56 Å². The highest BCUT2D eigenvalue weighted by Gasteiger charge is 2.35. The summed E-state index contributed by atoms with van der Waals surface area (Å²) in [6.45, 7) is 7.22. The Morgan fingerprint density at radius 1 is 1.06 bits per heavy atom. The molecule has 0 bridgehead atoms. The third-order valence-corrected chi connectivity index (χ3v) is 7.97. The van der Waals surface area contributed by atoms with Crippen molar-refractivity contribution >= 4 is 32.4 Å². The molecular formula is C26H31N3O4S. The van der Waals surface area contributed by atoms with Crippen molar-refractivity contribution in [3.8, 4) is 5.75 Å². The summed E-state index contributed by atoms with van der Waals surface area (Å²) in [7, 11) is -2.21. The van der Waals surface area contributed by atoms with Gasteiger partial charge in [-0.25, -0.2) is 0 Å². The fraction of sp³-hybridized carbons (Fsp3) is 0.385. The second-order valence-corrected chi connectivity index (χ2v) is 10.6. The smallest absolute Gasteiger partial charge is 0.285 e. The molecule has 7 nitrogen and oxygen atoms in total. The second kappa shape index (κ2) is 9.62. The molecule has 2 heterocycles. The van der Waals surface area contributed by atoms with Crippen molar-refractivity contribution in [1.29, 1.82) is 0 Å². The Bertz CT molecular complexity index is 1220. The van der Waals surface area contributed by atoms with Gasteiger partial charge in [-0.05, 0) is 73.2 Å². The van der Waals surface area contributed by atoms with Crippen molar-refractivity contribution in [2.75, 3.05) is 25.5 Å². The molecule has 1 amide bonds. The van der Waals surface area contributed by atoms with Crippen LogP contribution in [0.3, 0.4) is 0 Å². The molecule has 0 spiro atoms. The molecule has 0 aliphatic carbocycles. The van der Waals surface area contributed by atoms with E-state index in [9.17, 15) is 13.2 Å². The zero-order chi connectivity index (χ0) is 24.5. The van der Waals surface area contributed by atoms with E-state index in [2.05, 4.69) is 23.6 Å². The monoisotopic (exact) mass is 481 g/mol. The van der Waals surface area contributed by atoms with E-state index in [1.54, 1.807) is 38.3 Å². The van der Waals surface area contributed by atoms with Crippen LogP contribution in [0.15, 0.2) is 58.5 Å². The minimum Gasteiger partial charge on any atom is -0.497 e. The van der Waals surface area contributed by atoms with E-state index < -0.39 is 10.0 Å². The Morgan fingerprint density at radius 2 is 1.68 bits per heavy atom. The summed E-state index contributed by atoms with van der Waals surface area (Å²) in [4.78, 5) is 15.0. The number of amides is 1. The summed E-state index contributed by atoms with van der Waals surface area (Å²) in [5.74, 6) is 1.47. The number of amidine groups is 1. The molecule has 0 atom stereocenters. The standard InChI is InChI=1S/C26H31N3O4S/c1-17(2)19-5-9-22(10-6-19)27-26(30)21-13-15-29(16-14-21)25-18(3)24(34(31,32)28-25)20-7-11-23(33-4)12-8-20/h5-12,17,21H,13-16H2,1-4H3,(H,27,30). The van der Waals surface area contributed by atoms with Crippen molar-refractivity contribution in [3.05, 3.63) is 65.2 Å². The van der Waals surface area contributed by atoms with E-state index in [1.807, 2.05) is 29.2 Å². The minimum absolute atomic E-state index is 0.00381. The average Bonchev–Trinajstić information content (AvgIpc) is 3.08. The van der Waals surface area contributed by atoms with Gasteiger partial charge in [-0.1, -0.05) is 26.0 Å². The van der Waals surface area contributed by atoms with Crippen molar-refractivity contribution in [3.63, 3.8) is 0 Å². The number of methoxy groups -OCH3 is 1. The van der Waals surface area contributed by atoms with Crippen LogP contribution < -0.4 is 10.1 Å². The molecule has 0 radical (unpaired) electrons. The number of piperidine rings is 1. The van der Waals surface area contributed by atoms with Crippen LogP contribution in [0.2, 0.25) is 0 Å². The van der Waals surface area contributed by atoms with Crippen LogP contribution in [0, 0.1) is 5.92 Å². The van der Waals surface area contributed by atoms with Gasteiger partial charge in [0, 0.05) is 30.3 Å². The summed E-state index contributed by atoms with van der Waals surface area (Å²) in [6, 6.07) is 14.9. The molecule has 2 aromatic carbocycles. The zero-order valence-corrected chi connectivity index (χ0v) is 20.9. The van der Waals surface area contributed by atoms with Crippen LogP contribution in [0.5, 0.6) is 5.75 Å². The summed E-state index contributed by atoms with van der Waals surface area (Å²) in [5.41, 5.74) is 3.26. The molecule has 8 heteroatoms. The molecule has 1 fully saturated rings. The van der Waals surface area contributed by atoms with Crippen LogP contribution in [0.4, 0.5) is 5.69 Å². The first kappa shape index (κ1) is 24.0. The SMILES string of the molecule is COc1ccc(C2=C(C)C(N3CCC(C(=O)Nc4ccc(C(C)C)cc4)CC3)=NS2(=O)=O)cc1. The maximum absolute atomic E-state index is 12.9. The molecule has 1 saturated heterocycles. The predicted molar refractivity (Wildman–Crippen MR) is 135 cm³/mol. The van der Waals surface area contributed by atoms with Crippen molar-refractivity contribution in [2.24, 2.45) is 10.3 Å². The maximum atomic E-state index is 12.9. The van der Waals surface area contributed by atoms with Crippen LogP contribution in [0.1, 0.15) is 50.7 Å². The number of carbonyl (C=O) groups excluding carboxylic acids is 1. The Hall–Kier alpha value is -3.13. The third-order valence-electron chi connectivity index (χ3n) is 6.50. The predicted octanol–water partition coefficient (Wildman–Crippen LogP) is 4.64. The largest absolute Gasteiger partial charge is 0.497 e. The number of hydrogen-bond acceptors (Lipinski definition) is 5. The minimum atomic E-state index is -3.78. The van der Waals surface area contributed by atoms with Crippen molar-refractivity contribution < 1.29 is 17.9 Å². The van der Waals surface area contributed by atoms with Gasteiger partial charge >= 0.3 is 0 Å². The summed E-state index contributed by atoms with van der Waals surface area (Å²) in [5, 5.41) is 3.02. The highest BCUT2D eigenvalue weighted by molar-refractivity contribution is 8.00. The molecular weight excluding hydrogens is 450 g/mol. The van der Waals surface area contributed by atoms with Gasteiger partial charge in [-0.2, -0.15) is 8.42 Å². The highest BCUT2D eigenvalue weighted by atomic mass is 32.2. The molecule has 4 rings (SSSR count). The van der Waals surface area contributed by atoms with Gasteiger partial charge in [0.25, 0.3) is 10.0 Å². The fourth-order valence-electron chi connectivity index (χ4n) is 4.47. The topological polar surface area (TPSA) is 88.1 Å². The molecule has 2 aliphatic rings. The molecule has 2 aromatic rings. The molecule has 34 heavy (non-hydrogen) atoms. The number of likely N-dealkylation sites (tertiary alicyclic amines) is 1. The first-order valence-corrected chi connectivity index (χ1v) is 13.0. The number of sulfonamides is 1. The number of benzene rings is 2. The van der Waals surface area contributed by atoms with E-state index in [0.29, 0.717) is 54.6 Å². The van der Waals surface area contributed by atoms with Gasteiger partial charge in [-0.15, -0.1) is 4.40 Å². The molecule has 0 aromatic heterocycles. The van der Waals surface area contributed by atoms with Crippen molar-refractivity contribution in [2.45, 2.75) is 39.5 Å². The van der Waals surface area contributed by atoms with Gasteiger partial charge in [-0.3, -0.25) is 4.79 Å². The summed E-state index contributed by atoms with van der Waals surface area (Å²) < 4.78 is 35.0. The quantitative estimate of drug-likeness (QED) is 0.672. The summed E-state index contributed by atoms with van der Waals surface area (Å²) in [6.07, 6.45) is 1.28. The first-order valence-electron chi connectivity index (χ1n) is 11.6. The number of rotatable bonds is 5. The molecule has 0 unspecified atom stereocenters. The second-order valence-electron chi connectivity index (χ2n) is 9.10. The van der Waals surface area contributed by atoms with Crippen molar-refractivity contribution in [1.82, 2.24) is 4.90 Å². The third kappa shape index (κ3) is 4.87. The number of carbonyl (C=O) groups is 1. The lowest BCUT2D eigenvalue weighted by molar-refractivity contribution is -0.120. The van der Waals surface area contributed by atoms with Crippen LogP contribution in [0.25, 0.3) is 4.91 Å². The highest BCUT2D eigenvalue weighted by Crippen LogP contribution is 2.35. The zero-order valence-electron chi connectivity index (χ0n) is 20.0. The number of anilines is 1. The van der Waals surface area contributed by atoms with E-state index in [-0.39, 0.29) is 16.7 Å². The first-order chi connectivity index (χ1) is 16.2.